The van der Waals surface area contributed by atoms with Crippen LogP contribution in [-0.4, -0.2) is 59.2 Å². The van der Waals surface area contributed by atoms with Gasteiger partial charge in [0.25, 0.3) is 11.6 Å². The van der Waals surface area contributed by atoms with Crippen LogP contribution in [0.25, 0.3) is 11.3 Å². The van der Waals surface area contributed by atoms with Gasteiger partial charge in [0.05, 0.1) is 28.3 Å². The third kappa shape index (κ3) is 4.33. The number of hydrogen-bond donors (Lipinski definition) is 0. The molecule has 4 rings (SSSR count). The molecule has 1 aliphatic heterocycles. The zero-order valence-electron chi connectivity index (χ0n) is 17.3. The molecule has 0 saturated carbocycles. The molecule has 164 valence electrons. The first-order chi connectivity index (χ1) is 15.5. The Morgan fingerprint density at radius 2 is 1.81 bits per heavy atom. The molecular formula is C22H20ClN5O4. The van der Waals surface area contributed by atoms with Gasteiger partial charge in [-0.3, -0.25) is 14.9 Å². The minimum atomic E-state index is -0.543. The Labute approximate surface area is 189 Å². The third-order valence-electron chi connectivity index (χ3n) is 5.32. The summed E-state index contributed by atoms with van der Waals surface area (Å²) in [5, 5.41) is 19.6. The second-order valence-electron chi connectivity index (χ2n) is 7.18. The lowest BCUT2D eigenvalue weighted by atomic mass is 10.1. The number of ether oxygens (including phenoxy) is 1. The average molecular weight is 454 g/mol. The van der Waals surface area contributed by atoms with Gasteiger partial charge in [0.1, 0.15) is 5.75 Å². The second kappa shape index (κ2) is 9.19. The van der Waals surface area contributed by atoms with Crippen molar-refractivity contribution in [1.29, 1.82) is 0 Å². The molecular weight excluding hydrogens is 434 g/mol. The molecule has 2 aromatic carbocycles. The van der Waals surface area contributed by atoms with Gasteiger partial charge < -0.3 is 14.5 Å². The van der Waals surface area contributed by atoms with Crippen LogP contribution in [0.5, 0.6) is 5.75 Å². The van der Waals surface area contributed by atoms with Crippen molar-refractivity contribution in [2.24, 2.45) is 0 Å². The van der Waals surface area contributed by atoms with Crippen molar-refractivity contribution in [2.75, 3.05) is 38.2 Å². The number of para-hydroxylation sites is 1. The molecule has 9 nitrogen and oxygen atoms in total. The zero-order valence-corrected chi connectivity index (χ0v) is 18.0. The molecule has 32 heavy (non-hydrogen) atoms. The fraction of sp³-hybridized carbons (Fsp3) is 0.227. The van der Waals surface area contributed by atoms with Crippen molar-refractivity contribution in [3.8, 4) is 17.0 Å². The normalized spacial score (nSPS) is 13.7. The molecule has 10 heteroatoms. The molecule has 1 aliphatic rings. The summed E-state index contributed by atoms with van der Waals surface area (Å²) < 4.78 is 5.39. The number of aromatic nitrogens is 2. The predicted octanol–water partition coefficient (Wildman–Crippen LogP) is 3.68. The van der Waals surface area contributed by atoms with Crippen molar-refractivity contribution in [1.82, 2.24) is 15.1 Å². The molecule has 0 spiro atoms. The molecule has 0 bridgehead atoms. The number of amides is 1. The number of anilines is 1. The van der Waals surface area contributed by atoms with E-state index >= 15 is 0 Å². The van der Waals surface area contributed by atoms with Crippen LogP contribution in [0.2, 0.25) is 5.02 Å². The number of halogens is 1. The number of nitrogens with zero attached hydrogens (tertiary/aromatic N) is 5. The maximum Gasteiger partial charge on any atom is 0.270 e. The number of carbonyl (C=O) groups is 1. The molecule has 0 atom stereocenters. The van der Waals surface area contributed by atoms with Crippen LogP contribution in [0.15, 0.2) is 54.6 Å². The summed E-state index contributed by atoms with van der Waals surface area (Å²) >= 11 is 6.11. The van der Waals surface area contributed by atoms with Crippen LogP contribution in [-0.2, 0) is 0 Å². The van der Waals surface area contributed by atoms with E-state index < -0.39 is 4.92 Å². The Morgan fingerprint density at radius 3 is 2.44 bits per heavy atom. The van der Waals surface area contributed by atoms with Crippen molar-refractivity contribution in [2.45, 2.75) is 0 Å². The number of methoxy groups -OCH3 is 1. The minimum absolute atomic E-state index is 0.0735. The lowest BCUT2D eigenvalue weighted by Gasteiger charge is -2.35. The topological polar surface area (TPSA) is 102 Å². The highest BCUT2D eigenvalue weighted by Crippen LogP contribution is 2.29. The molecule has 1 fully saturated rings. The fourth-order valence-corrected chi connectivity index (χ4v) is 3.85. The molecule has 0 N–H and O–H groups in total. The van der Waals surface area contributed by atoms with Gasteiger partial charge in [-0.05, 0) is 30.3 Å². The molecule has 1 amide bonds. The summed E-state index contributed by atoms with van der Waals surface area (Å²) in [4.78, 5) is 26.9. The fourth-order valence-electron chi connectivity index (χ4n) is 3.59. The van der Waals surface area contributed by atoms with Gasteiger partial charge in [0.2, 0.25) is 0 Å². The van der Waals surface area contributed by atoms with Gasteiger partial charge >= 0.3 is 0 Å². The highest BCUT2D eigenvalue weighted by Gasteiger charge is 2.25. The van der Waals surface area contributed by atoms with Gasteiger partial charge in [0, 0.05) is 43.9 Å². The predicted molar refractivity (Wildman–Crippen MR) is 120 cm³/mol. The van der Waals surface area contributed by atoms with Crippen molar-refractivity contribution >= 4 is 29.0 Å². The van der Waals surface area contributed by atoms with Crippen LogP contribution in [0.3, 0.4) is 0 Å². The standard InChI is InChI=1S/C22H20ClN5O4/c1-32-20-5-3-2-4-17(20)19-8-9-21(25-24-19)26-10-12-27(13-11-26)22(29)16-7-6-15(28(30)31)14-18(16)23/h2-9,14H,10-13H2,1H3. The van der Waals surface area contributed by atoms with Crippen LogP contribution in [0, 0.1) is 10.1 Å². The van der Waals surface area contributed by atoms with E-state index in [1.54, 1.807) is 12.0 Å². The van der Waals surface area contributed by atoms with Crippen LogP contribution in [0.1, 0.15) is 10.4 Å². The molecule has 0 radical (unpaired) electrons. The average Bonchev–Trinajstić information content (AvgIpc) is 2.83. The SMILES string of the molecule is COc1ccccc1-c1ccc(N2CCN(C(=O)c3ccc([N+](=O)[O-])cc3Cl)CC2)nn1. The third-order valence-corrected chi connectivity index (χ3v) is 5.63. The minimum Gasteiger partial charge on any atom is -0.496 e. The summed E-state index contributed by atoms with van der Waals surface area (Å²) in [5.74, 6) is 1.21. The monoisotopic (exact) mass is 453 g/mol. The van der Waals surface area contributed by atoms with E-state index in [0.717, 1.165) is 17.1 Å². The first-order valence-corrected chi connectivity index (χ1v) is 10.3. The second-order valence-corrected chi connectivity index (χ2v) is 7.58. The van der Waals surface area contributed by atoms with Crippen molar-refractivity contribution in [3.63, 3.8) is 0 Å². The Morgan fingerprint density at radius 1 is 1.06 bits per heavy atom. The van der Waals surface area contributed by atoms with E-state index in [1.807, 2.05) is 36.4 Å². The highest BCUT2D eigenvalue weighted by molar-refractivity contribution is 6.34. The maximum absolute atomic E-state index is 12.8. The number of carbonyl (C=O) groups excluding carboxylic acids is 1. The number of nitro groups is 1. The Hall–Kier alpha value is -3.72. The molecule has 2 heterocycles. The number of piperazine rings is 1. The first-order valence-electron chi connectivity index (χ1n) is 9.93. The van der Waals surface area contributed by atoms with Crippen molar-refractivity contribution < 1.29 is 14.5 Å². The number of hydrogen-bond acceptors (Lipinski definition) is 7. The number of nitro benzene ring substituents is 1. The van der Waals surface area contributed by atoms with Gasteiger partial charge in [-0.1, -0.05) is 23.7 Å². The number of benzene rings is 2. The molecule has 1 saturated heterocycles. The van der Waals surface area contributed by atoms with Crippen LogP contribution < -0.4 is 9.64 Å². The lowest BCUT2D eigenvalue weighted by molar-refractivity contribution is -0.384. The van der Waals surface area contributed by atoms with E-state index in [9.17, 15) is 14.9 Å². The highest BCUT2D eigenvalue weighted by atomic mass is 35.5. The quantitative estimate of drug-likeness (QED) is 0.429. The number of non-ortho nitro benzene ring substituents is 1. The summed E-state index contributed by atoms with van der Waals surface area (Å²) in [5.41, 5.74) is 1.69. The van der Waals surface area contributed by atoms with E-state index in [-0.39, 0.29) is 22.2 Å². The maximum atomic E-state index is 12.8. The molecule has 1 aromatic heterocycles. The smallest absolute Gasteiger partial charge is 0.270 e. The first kappa shape index (κ1) is 21.5. The summed E-state index contributed by atoms with van der Waals surface area (Å²) in [7, 11) is 1.62. The lowest BCUT2D eigenvalue weighted by Crippen LogP contribution is -2.49. The van der Waals surface area contributed by atoms with Gasteiger partial charge in [-0.15, -0.1) is 10.2 Å². The molecule has 3 aromatic rings. The molecule has 0 unspecified atom stereocenters. The Balaban J connectivity index is 1.41. The van der Waals surface area contributed by atoms with E-state index in [2.05, 4.69) is 15.1 Å². The largest absolute Gasteiger partial charge is 0.496 e. The summed E-state index contributed by atoms with van der Waals surface area (Å²) in [6.07, 6.45) is 0. The Kier molecular flexibility index (Phi) is 6.18. The van der Waals surface area contributed by atoms with Gasteiger partial charge in [0.15, 0.2) is 5.82 Å². The number of rotatable bonds is 5. The molecule has 0 aliphatic carbocycles. The summed E-state index contributed by atoms with van der Waals surface area (Å²) in [6, 6.07) is 15.3. The Bertz CT molecular complexity index is 1150. The van der Waals surface area contributed by atoms with Gasteiger partial charge in [-0.25, -0.2) is 0 Å². The van der Waals surface area contributed by atoms with E-state index in [1.165, 1.54) is 18.2 Å². The summed E-state index contributed by atoms with van der Waals surface area (Å²) in [6.45, 7) is 2.11. The van der Waals surface area contributed by atoms with E-state index in [4.69, 9.17) is 16.3 Å². The van der Waals surface area contributed by atoms with Crippen LogP contribution in [0.4, 0.5) is 11.5 Å². The van der Waals surface area contributed by atoms with Crippen LogP contribution >= 0.6 is 11.6 Å². The van der Waals surface area contributed by atoms with Gasteiger partial charge in [-0.2, -0.15) is 0 Å². The van der Waals surface area contributed by atoms with E-state index in [0.29, 0.717) is 31.9 Å². The van der Waals surface area contributed by atoms with Crippen molar-refractivity contribution in [3.05, 3.63) is 75.3 Å². The zero-order chi connectivity index (χ0) is 22.7.